The topological polar surface area (TPSA) is 73.3 Å². The molecule has 0 spiro atoms. The van der Waals surface area contributed by atoms with Crippen molar-refractivity contribution < 1.29 is 44.3 Å². The summed E-state index contributed by atoms with van der Waals surface area (Å²) in [5.74, 6) is -1.08. The van der Waals surface area contributed by atoms with Crippen LogP contribution in [0.4, 0.5) is 26.3 Å². The van der Waals surface area contributed by atoms with Crippen molar-refractivity contribution in [2.45, 2.75) is 55.1 Å². The predicted octanol–water partition coefficient (Wildman–Crippen LogP) is 5.89. The molecule has 2 aromatic rings. The molecule has 1 heterocycles. The number of nitrogens with zero attached hydrogens (tertiary/aromatic N) is 1. The smallest absolute Gasteiger partial charge is 0.422 e. The Bertz CT molecular complexity index is 1170. The summed E-state index contributed by atoms with van der Waals surface area (Å²) < 4.78 is 105. The Balaban J connectivity index is 1.60. The molecule has 1 aromatic heterocycles. The van der Waals surface area contributed by atoms with E-state index in [2.05, 4.69) is 9.72 Å². The van der Waals surface area contributed by atoms with Gasteiger partial charge in [0.05, 0.1) is 15.2 Å². The van der Waals surface area contributed by atoms with E-state index in [0.29, 0.717) is 18.9 Å². The fraction of sp³-hybridized carbons (Fsp3) is 0.478. The summed E-state index contributed by atoms with van der Waals surface area (Å²) in [6.45, 7) is 1.43. The van der Waals surface area contributed by atoms with Gasteiger partial charge in [0, 0.05) is 24.2 Å². The lowest BCUT2D eigenvalue weighted by atomic mass is 9.67. The lowest BCUT2D eigenvalue weighted by Gasteiger charge is -2.44. The van der Waals surface area contributed by atoms with Gasteiger partial charge in [-0.05, 0) is 62.8 Å². The molecule has 0 unspecified atom stereocenters. The van der Waals surface area contributed by atoms with Crippen molar-refractivity contribution >= 4 is 15.6 Å². The third kappa shape index (κ3) is 6.14. The van der Waals surface area contributed by atoms with Crippen molar-refractivity contribution in [2.24, 2.45) is 11.8 Å². The number of carbonyl (C=O) groups is 1. The third-order valence-electron chi connectivity index (χ3n) is 6.30. The van der Waals surface area contributed by atoms with E-state index in [0.717, 1.165) is 30.5 Å². The Morgan fingerprint density at radius 2 is 1.71 bits per heavy atom. The number of benzene rings is 1. The van der Waals surface area contributed by atoms with Crippen LogP contribution < -0.4 is 4.74 Å². The van der Waals surface area contributed by atoms with Crippen LogP contribution in [0.5, 0.6) is 5.88 Å². The van der Waals surface area contributed by atoms with E-state index in [-0.39, 0.29) is 35.5 Å². The zero-order chi connectivity index (χ0) is 26.2. The zero-order valence-corrected chi connectivity index (χ0v) is 19.6. The summed E-state index contributed by atoms with van der Waals surface area (Å²) >= 11 is 0. The molecule has 1 aliphatic carbocycles. The van der Waals surface area contributed by atoms with Gasteiger partial charge >= 0.3 is 12.4 Å². The number of alkyl halides is 6. The fourth-order valence-electron chi connectivity index (χ4n) is 4.00. The van der Waals surface area contributed by atoms with Crippen molar-refractivity contribution in [1.29, 1.82) is 0 Å². The van der Waals surface area contributed by atoms with Crippen LogP contribution in [0.2, 0.25) is 0 Å². The molecule has 0 bridgehead atoms. The zero-order valence-electron chi connectivity index (χ0n) is 18.8. The maximum atomic E-state index is 13.1. The number of sulfone groups is 1. The van der Waals surface area contributed by atoms with Crippen LogP contribution in [-0.4, -0.2) is 36.7 Å². The lowest BCUT2D eigenvalue weighted by molar-refractivity contribution is -0.154. The average Bonchev–Trinajstić information content (AvgIpc) is 2.73. The van der Waals surface area contributed by atoms with Gasteiger partial charge in [-0.3, -0.25) is 4.79 Å². The molecule has 5 nitrogen and oxygen atoms in total. The van der Waals surface area contributed by atoms with Crippen molar-refractivity contribution in [3.63, 3.8) is 0 Å². The number of aromatic nitrogens is 1. The minimum Gasteiger partial charge on any atom is -0.468 e. The highest BCUT2D eigenvalue weighted by Gasteiger charge is 2.49. The molecule has 192 valence electrons. The van der Waals surface area contributed by atoms with Crippen molar-refractivity contribution in [3.05, 3.63) is 53.7 Å². The molecule has 35 heavy (non-hydrogen) atoms. The molecule has 0 saturated heterocycles. The van der Waals surface area contributed by atoms with E-state index in [9.17, 15) is 39.6 Å². The van der Waals surface area contributed by atoms with Crippen LogP contribution in [0.3, 0.4) is 0 Å². The Labute approximate surface area is 198 Å². The van der Waals surface area contributed by atoms with E-state index in [1.54, 1.807) is 0 Å². The van der Waals surface area contributed by atoms with Gasteiger partial charge in [0.1, 0.15) is 0 Å². The maximum Gasteiger partial charge on any atom is 0.422 e. The van der Waals surface area contributed by atoms with E-state index in [1.807, 2.05) is 0 Å². The summed E-state index contributed by atoms with van der Waals surface area (Å²) in [4.78, 5) is 15.8. The lowest BCUT2D eigenvalue weighted by Crippen LogP contribution is -2.46. The Kier molecular flexibility index (Phi) is 7.27. The summed E-state index contributed by atoms with van der Waals surface area (Å²) in [5, 5.41) is 0. The first-order valence-corrected chi connectivity index (χ1v) is 12.1. The van der Waals surface area contributed by atoms with E-state index in [1.165, 1.54) is 19.9 Å². The molecule has 3 rings (SSSR count). The number of ether oxygens (including phenoxy) is 1. The van der Waals surface area contributed by atoms with E-state index in [4.69, 9.17) is 0 Å². The standard InChI is InChI=1S/C23H23F6NO4S/c1-21(2,35(32,33)18-5-3-4-16(11-18)23(27,28)29)17-8-14(9-17)10-19(31)15-6-7-20(30-12-15)34-13-22(24,25)26/h3-7,11-12,14,17H,8-10,13H2,1-2H3. The number of pyridine rings is 1. The molecular weight excluding hydrogens is 500 g/mol. The first kappa shape index (κ1) is 27.0. The normalized spacial score (nSPS) is 19.2. The largest absolute Gasteiger partial charge is 0.468 e. The predicted molar refractivity (Wildman–Crippen MR) is 114 cm³/mol. The first-order chi connectivity index (χ1) is 16.0. The van der Waals surface area contributed by atoms with Gasteiger partial charge in [-0.1, -0.05) is 6.07 Å². The van der Waals surface area contributed by atoms with Gasteiger partial charge in [-0.15, -0.1) is 0 Å². The van der Waals surface area contributed by atoms with Crippen molar-refractivity contribution in [2.75, 3.05) is 6.61 Å². The van der Waals surface area contributed by atoms with Gasteiger partial charge in [0.2, 0.25) is 5.88 Å². The van der Waals surface area contributed by atoms with Crippen LogP contribution in [0.15, 0.2) is 47.5 Å². The van der Waals surface area contributed by atoms with Gasteiger partial charge < -0.3 is 4.74 Å². The van der Waals surface area contributed by atoms with Gasteiger partial charge in [0.15, 0.2) is 22.2 Å². The molecule has 0 radical (unpaired) electrons. The Morgan fingerprint density at radius 1 is 1.06 bits per heavy atom. The molecule has 1 fully saturated rings. The SMILES string of the molecule is CC(C)(C1CC(CC(=O)c2ccc(OCC(F)(F)F)nc2)C1)S(=O)(=O)c1cccc(C(F)(F)F)c1. The number of hydrogen-bond donors (Lipinski definition) is 0. The summed E-state index contributed by atoms with van der Waals surface area (Å²) in [6, 6.07) is 6.10. The van der Waals surface area contributed by atoms with Gasteiger partial charge in [0.25, 0.3) is 0 Å². The highest BCUT2D eigenvalue weighted by Crippen LogP contribution is 2.48. The molecule has 0 atom stereocenters. The minimum atomic E-state index is -4.67. The molecular formula is C23H23F6NO4S. The van der Waals surface area contributed by atoms with Crippen molar-refractivity contribution in [3.8, 4) is 5.88 Å². The Morgan fingerprint density at radius 3 is 2.26 bits per heavy atom. The van der Waals surface area contributed by atoms with Crippen molar-refractivity contribution in [1.82, 2.24) is 4.98 Å². The second kappa shape index (κ2) is 9.44. The molecule has 1 aliphatic rings. The average molecular weight is 523 g/mol. The van der Waals surface area contributed by atoms with Crippen LogP contribution in [-0.2, 0) is 16.0 Å². The number of halogens is 6. The highest BCUT2D eigenvalue weighted by molar-refractivity contribution is 7.92. The minimum absolute atomic E-state index is 0.0839. The van der Waals surface area contributed by atoms with E-state index >= 15 is 0 Å². The molecule has 0 N–H and O–H groups in total. The maximum absolute atomic E-state index is 13.1. The highest BCUT2D eigenvalue weighted by atomic mass is 32.2. The summed E-state index contributed by atoms with van der Waals surface area (Å²) in [5.41, 5.74) is -0.862. The second-order valence-electron chi connectivity index (χ2n) is 9.08. The van der Waals surface area contributed by atoms with Crippen LogP contribution in [0, 0.1) is 11.8 Å². The second-order valence-corrected chi connectivity index (χ2v) is 11.6. The fourth-order valence-corrected chi connectivity index (χ4v) is 5.78. The monoisotopic (exact) mass is 523 g/mol. The molecule has 12 heteroatoms. The summed E-state index contributed by atoms with van der Waals surface area (Å²) in [6.07, 6.45) is -7.21. The number of hydrogen-bond acceptors (Lipinski definition) is 5. The quantitative estimate of drug-likeness (QED) is 0.319. The third-order valence-corrected chi connectivity index (χ3v) is 8.89. The van der Waals surface area contributed by atoms with Crippen LogP contribution in [0.1, 0.15) is 49.0 Å². The number of carbonyl (C=O) groups excluding carboxylic acids is 1. The molecule has 1 saturated carbocycles. The van der Waals surface area contributed by atoms with Crippen LogP contribution >= 0.6 is 0 Å². The number of ketones is 1. The Hall–Kier alpha value is -2.63. The molecule has 1 aromatic carbocycles. The van der Waals surface area contributed by atoms with E-state index < -0.39 is 44.0 Å². The number of rotatable bonds is 8. The van der Waals surface area contributed by atoms with Crippen LogP contribution in [0.25, 0.3) is 0 Å². The molecule has 0 aliphatic heterocycles. The molecule has 0 amide bonds. The first-order valence-electron chi connectivity index (χ1n) is 10.6. The van der Waals surface area contributed by atoms with Gasteiger partial charge in [-0.25, -0.2) is 13.4 Å². The van der Waals surface area contributed by atoms with Gasteiger partial charge in [-0.2, -0.15) is 26.3 Å². The summed E-state index contributed by atoms with van der Waals surface area (Å²) in [7, 11) is -4.10. The number of Topliss-reactive ketones (excluding diaryl/α,β-unsaturated/α-hetero) is 1.